The lowest BCUT2D eigenvalue weighted by Crippen LogP contribution is -1.94. The molecule has 8 N–H and O–H groups in total. The van der Waals surface area contributed by atoms with Crippen LogP contribution in [0.2, 0.25) is 0 Å². The van der Waals surface area contributed by atoms with Gasteiger partial charge in [0.2, 0.25) is 0 Å². The van der Waals surface area contributed by atoms with Gasteiger partial charge in [-0.1, -0.05) is 30.3 Å². The standard InChI is InChI=1S/C12H12N2.C7H10N2/c13-11-5-1-9(2-6-11)10-3-7-12(14)8-4-10;1-5-6(8)3-2-4-7(5)9/h1-8H,13-14H2;2-4H,8-9H2,1H3. The summed E-state index contributed by atoms with van der Waals surface area (Å²) in [4.78, 5) is 0. The van der Waals surface area contributed by atoms with Gasteiger partial charge in [-0.2, -0.15) is 0 Å². The molecule has 0 aliphatic carbocycles. The van der Waals surface area contributed by atoms with Gasteiger partial charge < -0.3 is 22.9 Å². The number of rotatable bonds is 1. The van der Waals surface area contributed by atoms with Crippen molar-refractivity contribution >= 4 is 22.7 Å². The van der Waals surface area contributed by atoms with Crippen LogP contribution in [0.5, 0.6) is 0 Å². The molecule has 0 spiro atoms. The molecule has 0 saturated carbocycles. The molecule has 0 aliphatic rings. The average molecular weight is 306 g/mol. The third kappa shape index (κ3) is 4.41. The molecule has 0 heterocycles. The Morgan fingerprint density at radius 1 is 0.522 bits per heavy atom. The first-order valence-electron chi connectivity index (χ1n) is 7.29. The third-order valence-corrected chi connectivity index (χ3v) is 3.57. The molecule has 3 aromatic rings. The predicted molar refractivity (Wildman–Crippen MR) is 101 cm³/mol. The monoisotopic (exact) mass is 306 g/mol. The quantitative estimate of drug-likeness (QED) is 0.515. The van der Waals surface area contributed by atoms with Crippen molar-refractivity contribution in [2.45, 2.75) is 6.92 Å². The van der Waals surface area contributed by atoms with E-state index in [1.54, 1.807) is 0 Å². The minimum atomic E-state index is 0.759. The fourth-order valence-electron chi connectivity index (χ4n) is 2.02. The lowest BCUT2D eigenvalue weighted by Gasteiger charge is -2.02. The minimum Gasteiger partial charge on any atom is -0.399 e. The normalized spacial score (nSPS) is 9.78. The highest BCUT2D eigenvalue weighted by Crippen LogP contribution is 2.21. The Labute approximate surface area is 136 Å². The SMILES string of the molecule is Cc1c(N)cccc1N.Nc1ccc(-c2ccc(N)cc2)cc1. The van der Waals surface area contributed by atoms with E-state index in [0.29, 0.717) is 0 Å². The van der Waals surface area contributed by atoms with Crippen LogP contribution in [-0.4, -0.2) is 0 Å². The van der Waals surface area contributed by atoms with Gasteiger partial charge in [-0.05, 0) is 60.0 Å². The van der Waals surface area contributed by atoms with Crippen molar-refractivity contribution < 1.29 is 0 Å². The summed E-state index contributed by atoms with van der Waals surface area (Å²) in [5.74, 6) is 0. The number of benzene rings is 3. The van der Waals surface area contributed by atoms with Crippen molar-refractivity contribution in [2.75, 3.05) is 22.9 Å². The van der Waals surface area contributed by atoms with Gasteiger partial charge in [-0.15, -0.1) is 0 Å². The van der Waals surface area contributed by atoms with Crippen molar-refractivity contribution in [3.63, 3.8) is 0 Å². The Morgan fingerprint density at radius 3 is 1.17 bits per heavy atom. The van der Waals surface area contributed by atoms with Crippen molar-refractivity contribution in [3.8, 4) is 11.1 Å². The number of hydrogen-bond acceptors (Lipinski definition) is 4. The molecule has 0 aromatic heterocycles. The lowest BCUT2D eigenvalue weighted by molar-refractivity contribution is 1.47. The average Bonchev–Trinajstić information content (AvgIpc) is 2.55. The van der Waals surface area contributed by atoms with Crippen LogP contribution in [0.1, 0.15) is 5.56 Å². The zero-order chi connectivity index (χ0) is 16.8. The van der Waals surface area contributed by atoms with Crippen LogP contribution in [0, 0.1) is 6.92 Å². The summed E-state index contributed by atoms with van der Waals surface area (Å²) in [5, 5.41) is 0. The Morgan fingerprint density at radius 2 is 0.870 bits per heavy atom. The van der Waals surface area contributed by atoms with E-state index in [9.17, 15) is 0 Å². The van der Waals surface area contributed by atoms with E-state index < -0.39 is 0 Å². The number of nitrogen functional groups attached to an aromatic ring is 4. The minimum absolute atomic E-state index is 0.759. The van der Waals surface area contributed by atoms with Crippen LogP contribution >= 0.6 is 0 Å². The second-order valence-electron chi connectivity index (χ2n) is 5.31. The summed E-state index contributed by atoms with van der Waals surface area (Å²) in [7, 11) is 0. The van der Waals surface area contributed by atoms with E-state index in [1.165, 1.54) is 0 Å². The van der Waals surface area contributed by atoms with Crippen LogP contribution in [0.25, 0.3) is 11.1 Å². The predicted octanol–water partition coefficient (Wildman–Crippen LogP) is 3.68. The van der Waals surface area contributed by atoms with Gasteiger partial charge in [0.1, 0.15) is 0 Å². The zero-order valence-corrected chi connectivity index (χ0v) is 13.2. The van der Waals surface area contributed by atoms with Crippen LogP contribution in [-0.2, 0) is 0 Å². The largest absolute Gasteiger partial charge is 0.399 e. The smallest absolute Gasteiger partial charge is 0.0364 e. The Balaban J connectivity index is 0.000000185. The van der Waals surface area contributed by atoms with Crippen molar-refractivity contribution in [1.82, 2.24) is 0 Å². The fraction of sp³-hybridized carbons (Fsp3) is 0.0526. The van der Waals surface area contributed by atoms with Gasteiger partial charge in [0, 0.05) is 22.7 Å². The van der Waals surface area contributed by atoms with Gasteiger partial charge in [-0.25, -0.2) is 0 Å². The maximum Gasteiger partial charge on any atom is 0.0364 e. The topological polar surface area (TPSA) is 104 Å². The Bertz CT molecular complexity index is 699. The number of anilines is 4. The molecule has 4 nitrogen and oxygen atoms in total. The number of hydrogen-bond donors (Lipinski definition) is 4. The van der Waals surface area contributed by atoms with Gasteiger partial charge >= 0.3 is 0 Å². The molecule has 0 atom stereocenters. The second-order valence-corrected chi connectivity index (χ2v) is 5.31. The highest BCUT2D eigenvalue weighted by molar-refractivity contribution is 5.67. The molecule has 0 unspecified atom stereocenters. The third-order valence-electron chi connectivity index (χ3n) is 3.57. The summed E-state index contributed by atoms with van der Waals surface area (Å²) in [6.07, 6.45) is 0. The van der Waals surface area contributed by atoms with Crippen molar-refractivity contribution in [3.05, 3.63) is 72.3 Å². The van der Waals surface area contributed by atoms with Gasteiger partial charge in [0.05, 0.1) is 0 Å². The molecular weight excluding hydrogens is 284 g/mol. The summed E-state index contributed by atoms with van der Waals surface area (Å²) in [6, 6.07) is 21.1. The second kappa shape index (κ2) is 7.22. The molecule has 0 bridgehead atoms. The number of nitrogens with two attached hydrogens (primary N) is 4. The van der Waals surface area contributed by atoms with E-state index in [1.807, 2.05) is 73.7 Å². The van der Waals surface area contributed by atoms with E-state index in [2.05, 4.69) is 0 Å². The van der Waals surface area contributed by atoms with Crippen molar-refractivity contribution in [1.29, 1.82) is 0 Å². The van der Waals surface area contributed by atoms with Crippen LogP contribution in [0.3, 0.4) is 0 Å². The van der Waals surface area contributed by atoms with E-state index in [4.69, 9.17) is 22.9 Å². The molecule has 4 heteroatoms. The first-order valence-corrected chi connectivity index (χ1v) is 7.29. The molecule has 0 saturated heterocycles. The van der Waals surface area contributed by atoms with Crippen LogP contribution < -0.4 is 22.9 Å². The molecular formula is C19H22N4. The van der Waals surface area contributed by atoms with Crippen molar-refractivity contribution in [2.24, 2.45) is 0 Å². The van der Waals surface area contributed by atoms with Crippen LogP contribution in [0.4, 0.5) is 22.7 Å². The highest BCUT2D eigenvalue weighted by Gasteiger charge is 1.96. The van der Waals surface area contributed by atoms with Gasteiger partial charge in [0.25, 0.3) is 0 Å². The summed E-state index contributed by atoms with van der Waals surface area (Å²) in [5.41, 5.74) is 28.7. The molecule has 0 aliphatic heterocycles. The van der Waals surface area contributed by atoms with Gasteiger partial charge in [-0.3, -0.25) is 0 Å². The van der Waals surface area contributed by atoms with Gasteiger partial charge in [0.15, 0.2) is 0 Å². The molecule has 118 valence electrons. The summed E-state index contributed by atoms with van der Waals surface area (Å²) < 4.78 is 0. The molecule has 0 fully saturated rings. The molecule has 3 aromatic carbocycles. The Kier molecular flexibility index (Phi) is 5.10. The van der Waals surface area contributed by atoms with E-state index in [0.717, 1.165) is 39.4 Å². The molecule has 3 rings (SSSR count). The molecule has 23 heavy (non-hydrogen) atoms. The lowest BCUT2D eigenvalue weighted by atomic mass is 10.1. The first kappa shape index (κ1) is 16.2. The fourth-order valence-corrected chi connectivity index (χ4v) is 2.02. The summed E-state index contributed by atoms with van der Waals surface area (Å²) >= 11 is 0. The van der Waals surface area contributed by atoms with E-state index in [-0.39, 0.29) is 0 Å². The molecule has 0 radical (unpaired) electrons. The first-order chi connectivity index (χ1) is 11.0. The van der Waals surface area contributed by atoms with Crippen LogP contribution in [0.15, 0.2) is 66.7 Å². The summed E-state index contributed by atoms with van der Waals surface area (Å²) in [6.45, 7) is 1.91. The zero-order valence-electron chi connectivity index (χ0n) is 13.2. The maximum atomic E-state index is 5.61. The highest BCUT2D eigenvalue weighted by atomic mass is 14.6. The van der Waals surface area contributed by atoms with E-state index >= 15 is 0 Å². The maximum absolute atomic E-state index is 5.61. The molecule has 0 amide bonds. The Hall–Kier alpha value is -3.14.